The van der Waals surface area contributed by atoms with Gasteiger partial charge < -0.3 is 15.2 Å². The average molecular weight is 244 g/mol. The van der Waals surface area contributed by atoms with Gasteiger partial charge in [-0.1, -0.05) is 11.6 Å². The third kappa shape index (κ3) is 3.72. The van der Waals surface area contributed by atoms with Gasteiger partial charge in [-0.2, -0.15) is 0 Å². The standard InChI is InChI=1S/C11H14ClNO3/c1-2-15-11(14)7-16-9-3-4-10(12)8(5-9)6-13/h3-5H,2,6-7,13H2,1H3. The number of esters is 1. The third-order valence-corrected chi connectivity index (χ3v) is 2.27. The minimum absolute atomic E-state index is 0.112. The van der Waals surface area contributed by atoms with Crippen molar-refractivity contribution in [2.24, 2.45) is 5.73 Å². The van der Waals surface area contributed by atoms with Gasteiger partial charge >= 0.3 is 5.97 Å². The minimum atomic E-state index is -0.397. The van der Waals surface area contributed by atoms with E-state index in [0.717, 1.165) is 5.56 Å². The summed E-state index contributed by atoms with van der Waals surface area (Å²) in [6.45, 7) is 2.30. The highest BCUT2D eigenvalue weighted by Crippen LogP contribution is 2.21. The summed E-state index contributed by atoms with van der Waals surface area (Å²) >= 11 is 5.88. The average Bonchev–Trinajstić information content (AvgIpc) is 2.28. The summed E-state index contributed by atoms with van der Waals surface area (Å²) in [4.78, 5) is 11.0. The first-order chi connectivity index (χ1) is 7.67. The van der Waals surface area contributed by atoms with E-state index in [2.05, 4.69) is 0 Å². The largest absolute Gasteiger partial charge is 0.482 e. The van der Waals surface area contributed by atoms with E-state index >= 15 is 0 Å². The van der Waals surface area contributed by atoms with Gasteiger partial charge in [0.25, 0.3) is 0 Å². The highest BCUT2D eigenvalue weighted by molar-refractivity contribution is 6.31. The Hall–Kier alpha value is -1.26. The van der Waals surface area contributed by atoms with Gasteiger partial charge in [0.2, 0.25) is 0 Å². The number of rotatable bonds is 5. The molecule has 0 atom stereocenters. The van der Waals surface area contributed by atoms with E-state index in [1.807, 2.05) is 0 Å². The van der Waals surface area contributed by atoms with E-state index in [0.29, 0.717) is 23.9 Å². The molecule has 0 fully saturated rings. The fourth-order valence-corrected chi connectivity index (χ4v) is 1.34. The number of benzene rings is 1. The van der Waals surface area contributed by atoms with E-state index in [1.54, 1.807) is 25.1 Å². The van der Waals surface area contributed by atoms with Crippen LogP contribution in [0.15, 0.2) is 18.2 Å². The van der Waals surface area contributed by atoms with Crippen LogP contribution in [0.25, 0.3) is 0 Å². The SMILES string of the molecule is CCOC(=O)COc1ccc(Cl)c(CN)c1. The number of carbonyl (C=O) groups excluding carboxylic acids is 1. The van der Waals surface area contributed by atoms with Crippen molar-refractivity contribution in [1.29, 1.82) is 0 Å². The maximum absolute atomic E-state index is 11.0. The van der Waals surface area contributed by atoms with Crippen molar-refractivity contribution in [2.75, 3.05) is 13.2 Å². The van der Waals surface area contributed by atoms with E-state index in [9.17, 15) is 4.79 Å². The van der Waals surface area contributed by atoms with Crippen molar-refractivity contribution in [3.8, 4) is 5.75 Å². The molecule has 0 heterocycles. The van der Waals surface area contributed by atoms with Crippen molar-refractivity contribution in [2.45, 2.75) is 13.5 Å². The Bertz CT molecular complexity index is 368. The molecule has 0 saturated carbocycles. The van der Waals surface area contributed by atoms with Crippen LogP contribution >= 0.6 is 11.6 Å². The van der Waals surface area contributed by atoms with Gasteiger partial charge in [0.1, 0.15) is 5.75 Å². The van der Waals surface area contributed by atoms with Crippen LogP contribution in [0.2, 0.25) is 5.02 Å². The van der Waals surface area contributed by atoms with Crippen LogP contribution in [0.1, 0.15) is 12.5 Å². The van der Waals surface area contributed by atoms with Gasteiger partial charge in [0, 0.05) is 11.6 Å². The Labute approximate surface area is 99.3 Å². The van der Waals surface area contributed by atoms with E-state index < -0.39 is 5.97 Å². The van der Waals surface area contributed by atoms with Crippen LogP contribution in [-0.4, -0.2) is 19.2 Å². The van der Waals surface area contributed by atoms with E-state index in [-0.39, 0.29) is 6.61 Å². The summed E-state index contributed by atoms with van der Waals surface area (Å²) in [5.74, 6) is 0.157. The highest BCUT2D eigenvalue weighted by atomic mass is 35.5. The summed E-state index contributed by atoms with van der Waals surface area (Å²) in [5.41, 5.74) is 6.27. The molecule has 0 aliphatic rings. The van der Waals surface area contributed by atoms with Gasteiger partial charge in [-0.25, -0.2) is 4.79 Å². The normalized spacial score (nSPS) is 9.94. The fourth-order valence-electron chi connectivity index (χ4n) is 1.14. The number of halogens is 1. The second-order valence-corrected chi connectivity index (χ2v) is 3.46. The van der Waals surface area contributed by atoms with Crippen LogP contribution in [-0.2, 0) is 16.1 Å². The van der Waals surface area contributed by atoms with Crippen molar-refractivity contribution in [1.82, 2.24) is 0 Å². The number of carbonyl (C=O) groups is 1. The van der Waals surface area contributed by atoms with E-state index in [1.165, 1.54) is 0 Å². The van der Waals surface area contributed by atoms with Crippen LogP contribution in [0, 0.1) is 0 Å². The molecule has 88 valence electrons. The van der Waals surface area contributed by atoms with Gasteiger partial charge in [0.15, 0.2) is 6.61 Å². The molecule has 0 spiro atoms. The lowest BCUT2D eigenvalue weighted by Gasteiger charge is -2.08. The second-order valence-electron chi connectivity index (χ2n) is 3.05. The van der Waals surface area contributed by atoms with Crippen molar-refractivity contribution < 1.29 is 14.3 Å². The molecule has 0 amide bonds. The van der Waals surface area contributed by atoms with Crippen molar-refractivity contribution >= 4 is 17.6 Å². The summed E-state index contributed by atoms with van der Waals surface area (Å²) in [5, 5.41) is 0.589. The topological polar surface area (TPSA) is 61.5 Å². The molecule has 4 nitrogen and oxygen atoms in total. The van der Waals surface area contributed by atoms with Crippen LogP contribution in [0.5, 0.6) is 5.75 Å². The predicted octanol–water partition coefficient (Wildman–Crippen LogP) is 1.74. The Kier molecular flexibility index (Phi) is 5.08. The first-order valence-corrected chi connectivity index (χ1v) is 5.32. The molecule has 1 aromatic carbocycles. The monoisotopic (exact) mass is 243 g/mol. The second kappa shape index (κ2) is 6.35. The molecule has 0 radical (unpaired) electrons. The van der Waals surface area contributed by atoms with Gasteiger partial charge in [-0.05, 0) is 30.7 Å². The van der Waals surface area contributed by atoms with Crippen molar-refractivity contribution in [3.63, 3.8) is 0 Å². The lowest BCUT2D eigenvalue weighted by atomic mass is 10.2. The molecule has 1 rings (SSSR count). The van der Waals surface area contributed by atoms with E-state index in [4.69, 9.17) is 26.8 Å². The molecule has 0 aliphatic heterocycles. The summed E-state index contributed by atoms with van der Waals surface area (Å²) in [6.07, 6.45) is 0. The smallest absolute Gasteiger partial charge is 0.344 e. The molecule has 0 bridgehead atoms. The maximum Gasteiger partial charge on any atom is 0.344 e. The van der Waals surface area contributed by atoms with Gasteiger partial charge in [-0.15, -0.1) is 0 Å². The minimum Gasteiger partial charge on any atom is -0.482 e. The fraction of sp³-hybridized carbons (Fsp3) is 0.364. The Morgan fingerprint density at radius 1 is 1.50 bits per heavy atom. The quantitative estimate of drug-likeness (QED) is 0.801. The molecule has 1 aromatic rings. The van der Waals surface area contributed by atoms with Crippen LogP contribution in [0.3, 0.4) is 0 Å². The summed E-state index contributed by atoms with van der Waals surface area (Å²) in [7, 11) is 0. The third-order valence-electron chi connectivity index (χ3n) is 1.90. The Morgan fingerprint density at radius 3 is 2.88 bits per heavy atom. The predicted molar refractivity (Wildman–Crippen MR) is 61.5 cm³/mol. The lowest BCUT2D eigenvalue weighted by Crippen LogP contribution is -2.14. The summed E-state index contributed by atoms with van der Waals surface area (Å²) < 4.78 is 9.96. The van der Waals surface area contributed by atoms with Crippen LogP contribution in [0.4, 0.5) is 0 Å². The molecular formula is C11H14ClNO3. The molecule has 0 aliphatic carbocycles. The molecule has 16 heavy (non-hydrogen) atoms. The van der Waals surface area contributed by atoms with Crippen molar-refractivity contribution in [3.05, 3.63) is 28.8 Å². The Balaban J connectivity index is 2.57. The number of hydrogen-bond acceptors (Lipinski definition) is 4. The number of hydrogen-bond donors (Lipinski definition) is 1. The molecule has 5 heteroatoms. The van der Waals surface area contributed by atoms with Gasteiger partial charge in [0.05, 0.1) is 6.61 Å². The molecule has 0 saturated heterocycles. The molecule has 2 N–H and O–H groups in total. The zero-order chi connectivity index (χ0) is 12.0. The van der Waals surface area contributed by atoms with Gasteiger partial charge in [-0.3, -0.25) is 0 Å². The maximum atomic E-state index is 11.0. The van der Waals surface area contributed by atoms with Crippen LogP contribution < -0.4 is 10.5 Å². The zero-order valence-electron chi connectivity index (χ0n) is 9.03. The first kappa shape index (κ1) is 12.8. The molecule has 0 aromatic heterocycles. The first-order valence-electron chi connectivity index (χ1n) is 4.94. The highest BCUT2D eigenvalue weighted by Gasteiger charge is 2.05. The molecular weight excluding hydrogens is 230 g/mol. The number of nitrogens with two attached hydrogens (primary N) is 1. The Morgan fingerprint density at radius 2 is 2.25 bits per heavy atom. The summed E-state index contributed by atoms with van der Waals surface area (Å²) in [6, 6.07) is 5.08. The number of ether oxygens (including phenoxy) is 2. The zero-order valence-corrected chi connectivity index (χ0v) is 9.79. The lowest BCUT2D eigenvalue weighted by molar-refractivity contribution is -0.145. The molecule has 0 unspecified atom stereocenters.